The zero-order valence-electron chi connectivity index (χ0n) is 11.6. The lowest BCUT2D eigenvalue weighted by molar-refractivity contribution is 1.15. The van der Waals surface area contributed by atoms with Gasteiger partial charge in [0.15, 0.2) is 0 Å². The van der Waals surface area contributed by atoms with Gasteiger partial charge in [0.05, 0.1) is 10.7 Å². The molecule has 2 aromatic carbocycles. The van der Waals surface area contributed by atoms with Gasteiger partial charge in [-0.05, 0) is 36.8 Å². The van der Waals surface area contributed by atoms with Crippen LogP contribution < -0.4 is 5.32 Å². The van der Waals surface area contributed by atoms with E-state index in [9.17, 15) is 0 Å². The van der Waals surface area contributed by atoms with Crippen molar-refractivity contribution in [2.45, 2.75) is 13.5 Å². The maximum Gasteiger partial charge on any atom is 0.0901 e. The quantitative estimate of drug-likeness (QED) is 0.666. The topological polar surface area (TPSA) is 24.9 Å². The van der Waals surface area contributed by atoms with E-state index >= 15 is 0 Å². The van der Waals surface area contributed by atoms with Crippen LogP contribution in [0.5, 0.6) is 0 Å². The molecule has 0 aliphatic heterocycles. The van der Waals surface area contributed by atoms with Crippen LogP contribution in [0.4, 0.5) is 5.69 Å². The molecule has 0 fully saturated rings. The molecule has 0 saturated carbocycles. The number of rotatable bonds is 4. The summed E-state index contributed by atoms with van der Waals surface area (Å²) in [6.07, 6.45) is 0. The van der Waals surface area contributed by atoms with Crippen molar-refractivity contribution in [3.05, 3.63) is 69.0 Å². The van der Waals surface area contributed by atoms with E-state index in [0.717, 1.165) is 33.0 Å². The van der Waals surface area contributed by atoms with Gasteiger partial charge >= 0.3 is 0 Å². The van der Waals surface area contributed by atoms with Gasteiger partial charge in [-0.2, -0.15) is 0 Å². The predicted octanol–water partition coefficient (Wildman–Crippen LogP) is 5.49. The summed E-state index contributed by atoms with van der Waals surface area (Å²) in [5.74, 6) is 0. The summed E-state index contributed by atoms with van der Waals surface area (Å²) in [6, 6.07) is 16.7. The van der Waals surface area contributed by atoms with Crippen molar-refractivity contribution in [3.8, 4) is 11.3 Å². The highest BCUT2D eigenvalue weighted by atomic mass is 79.9. The highest BCUT2D eigenvalue weighted by Gasteiger charge is 2.03. The minimum Gasteiger partial charge on any atom is -0.381 e. The molecule has 3 rings (SSSR count). The molecular formula is C17H15BrN2S. The van der Waals surface area contributed by atoms with Crippen LogP contribution in [0.3, 0.4) is 0 Å². The molecule has 4 heteroatoms. The minimum atomic E-state index is 0.805. The maximum absolute atomic E-state index is 4.54. The molecule has 1 N–H and O–H groups in total. The summed E-state index contributed by atoms with van der Waals surface area (Å²) in [4.78, 5) is 4.54. The van der Waals surface area contributed by atoms with Crippen molar-refractivity contribution in [2.24, 2.45) is 0 Å². The van der Waals surface area contributed by atoms with E-state index in [1.807, 2.05) is 13.0 Å². The molecule has 3 aromatic rings. The van der Waals surface area contributed by atoms with Gasteiger partial charge in [0.1, 0.15) is 0 Å². The van der Waals surface area contributed by atoms with Crippen LogP contribution in [0.2, 0.25) is 0 Å². The third-order valence-electron chi connectivity index (χ3n) is 3.16. The molecule has 0 saturated heterocycles. The molecule has 106 valence electrons. The molecule has 21 heavy (non-hydrogen) atoms. The van der Waals surface area contributed by atoms with Crippen molar-refractivity contribution in [3.63, 3.8) is 0 Å². The van der Waals surface area contributed by atoms with Crippen molar-refractivity contribution in [1.82, 2.24) is 4.98 Å². The monoisotopic (exact) mass is 358 g/mol. The molecule has 0 radical (unpaired) electrons. The van der Waals surface area contributed by atoms with Crippen LogP contribution in [-0.4, -0.2) is 4.98 Å². The molecule has 0 atom stereocenters. The molecule has 2 nitrogen and oxygen atoms in total. The smallest absolute Gasteiger partial charge is 0.0901 e. The van der Waals surface area contributed by atoms with Gasteiger partial charge in [-0.15, -0.1) is 11.3 Å². The molecule has 0 spiro atoms. The van der Waals surface area contributed by atoms with Crippen LogP contribution in [0, 0.1) is 6.92 Å². The standard InChI is InChI=1S/C17H15BrN2S/c1-12-20-17(11-21-12)14-5-3-7-16(9-14)19-10-13-4-2-6-15(18)8-13/h2-9,11,19H,10H2,1H3. The van der Waals surface area contributed by atoms with Gasteiger partial charge in [-0.25, -0.2) is 4.98 Å². The van der Waals surface area contributed by atoms with Gasteiger partial charge in [0, 0.05) is 27.6 Å². The zero-order chi connectivity index (χ0) is 14.7. The van der Waals surface area contributed by atoms with E-state index in [1.54, 1.807) is 11.3 Å². The van der Waals surface area contributed by atoms with E-state index in [4.69, 9.17) is 0 Å². The lowest BCUT2D eigenvalue weighted by Crippen LogP contribution is -1.99. The molecule has 1 aromatic heterocycles. The molecule has 1 heterocycles. The van der Waals surface area contributed by atoms with E-state index in [-0.39, 0.29) is 0 Å². The number of aryl methyl sites for hydroxylation is 1. The van der Waals surface area contributed by atoms with Crippen molar-refractivity contribution in [2.75, 3.05) is 5.32 Å². The predicted molar refractivity (Wildman–Crippen MR) is 93.8 cm³/mol. The Balaban J connectivity index is 1.74. The molecule has 0 unspecified atom stereocenters. The van der Waals surface area contributed by atoms with Gasteiger partial charge < -0.3 is 5.32 Å². The summed E-state index contributed by atoms with van der Waals surface area (Å²) in [5, 5.41) is 6.65. The van der Waals surface area contributed by atoms with E-state index in [0.29, 0.717) is 0 Å². The molecule has 0 bridgehead atoms. The SMILES string of the molecule is Cc1nc(-c2cccc(NCc3cccc(Br)c3)c2)cs1. The van der Waals surface area contributed by atoms with Crippen LogP contribution in [0.15, 0.2) is 58.4 Å². The van der Waals surface area contributed by atoms with Crippen molar-refractivity contribution in [1.29, 1.82) is 0 Å². The molecule has 0 aliphatic rings. The lowest BCUT2D eigenvalue weighted by atomic mass is 10.1. The van der Waals surface area contributed by atoms with E-state index in [2.05, 4.69) is 74.1 Å². The second-order valence-electron chi connectivity index (χ2n) is 4.82. The van der Waals surface area contributed by atoms with Gasteiger partial charge in [0.2, 0.25) is 0 Å². The highest BCUT2D eigenvalue weighted by molar-refractivity contribution is 9.10. The van der Waals surface area contributed by atoms with Crippen LogP contribution in [0.25, 0.3) is 11.3 Å². The third-order valence-corrected chi connectivity index (χ3v) is 4.43. The Hall–Kier alpha value is -1.65. The Morgan fingerprint density at radius 2 is 2.00 bits per heavy atom. The highest BCUT2D eigenvalue weighted by Crippen LogP contribution is 2.24. The third kappa shape index (κ3) is 3.71. The molecule has 0 aliphatic carbocycles. The average molecular weight is 359 g/mol. The Labute approximate surface area is 137 Å². The first-order valence-electron chi connectivity index (χ1n) is 6.71. The van der Waals surface area contributed by atoms with Crippen LogP contribution in [-0.2, 0) is 6.54 Å². The first-order valence-corrected chi connectivity index (χ1v) is 8.39. The Kier molecular flexibility index (Phi) is 4.36. The number of benzene rings is 2. The number of anilines is 1. The fraction of sp³-hybridized carbons (Fsp3) is 0.118. The van der Waals surface area contributed by atoms with Crippen LogP contribution >= 0.6 is 27.3 Å². The first-order chi connectivity index (χ1) is 10.2. The fourth-order valence-electron chi connectivity index (χ4n) is 2.14. The maximum atomic E-state index is 4.54. The van der Waals surface area contributed by atoms with Crippen LogP contribution in [0.1, 0.15) is 10.6 Å². The molecular weight excluding hydrogens is 344 g/mol. The van der Waals surface area contributed by atoms with Crippen molar-refractivity contribution < 1.29 is 0 Å². The minimum absolute atomic E-state index is 0.805. The number of halogens is 1. The number of hydrogen-bond donors (Lipinski definition) is 1. The number of thiazole rings is 1. The number of nitrogens with zero attached hydrogens (tertiary/aromatic N) is 1. The Bertz CT molecular complexity index is 752. The van der Waals surface area contributed by atoms with Gasteiger partial charge in [-0.3, -0.25) is 0 Å². The largest absolute Gasteiger partial charge is 0.381 e. The van der Waals surface area contributed by atoms with E-state index in [1.165, 1.54) is 5.56 Å². The number of hydrogen-bond acceptors (Lipinski definition) is 3. The second kappa shape index (κ2) is 6.41. The average Bonchev–Trinajstić information content (AvgIpc) is 2.92. The van der Waals surface area contributed by atoms with E-state index < -0.39 is 0 Å². The Morgan fingerprint density at radius 1 is 1.14 bits per heavy atom. The van der Waals surface area contributed by atoms with Crippen molar-refractivity contribution >= 4 is 33.0 Å². The fourth-order valence-corrected chi connectivity index (χ4v) is 3.20. The van der Waals surface area contributed by atoms with Gasteiger partial charge in [0.25, 0.3) is 0 Å². The normalized spacial score (nSPS) is 10.6. The summed E-state index contributed by atoms with van der Waals surface area (Å²) in [5.41, 5.74) is 4.56. The number of nitrogens with one attached hydrogen (secondary N) is 1. The zero-order valence-corrected chi connectivity index (χ0v) is 14.0. The molecule has 0 amide bonds. The lowest BCUT2D eigenvalue weighted by Gasteiger charge is -2.08. The summed E-state index contributed by atoms with van der Waals surface area (Å²) >= 11 is 5.18. The second-order valence-corrected chi connectivity index (χ2v) is 6.79. The summed E-state index contributed by atoms with van der Waals surface area (Å²) < 4.78 is 1.11. The Morgan fingerprint density at radius 3 is 2.76 bits per heavy atom. The van der Waals surface area contributed by atoms with Gasteiger partial charge in [-0.1, -0.05) is 40.2 Å². The number of aromatic nitrogens is 1. The summed E-state index contributed by atoms with van der Waals surface area (Å²) in [6.45, 7) is 2.84. The first kappa shape index (κ1) is 14.3. The summed E-state index contributed by atoms with van der Waals surface area (Å²) in [7, 11) is 0.